The van der Waals surface area contributed by atoms with Gasteiger partial charge in [0.1, 0.15) is 5.75 Å². The highest BCUT2D eigenvalue weighted by molar-refractivity contribution is 5.39. The number of hydrogen-bond donors (Lipinski definition) is 0. The van der Waals surface area contributed by atoms with Crippen LogP contribution in [0.2, 0.25) is 0 Å². The summed E-state index contributed by atoms with van der Waals surface area (Å²) < 4.78 is 5.30. The number of benzene rings is 1. The Balaban J connectivity index is 2.88. The summed E-state index contributed by atoms with van der Waals surface area (Å²) in [5, 5.41) is 0. The van der Waals surface area contributed by atoms with Gasteiger partial charge in [0, 0.05) is 0 Å². The van der Waals surface area contributed by atoms with E-state index < -0.39 is 0 Å². The maximum atomic E-state index is 9.96. The van der Waals surface area contributed by atoms with E-state index in [1.54, 1.807) is 13.2 Å². The molecule has 0 N–H and O–H groups in total. The molecule has 0 spiro atoms. The molecule has 0 bridgehead atoms. The maximum absolute atomic E-state index is 9.96. The molecule has 3 nitrogen and oxygen atoms in total. The van der Waals surface area contributed by atoms with E-state index in [1.165, 1.54) is 11.1 Å². The van der Waals surface area contributed by atoms with Crippen LogP contribution >= 0.6 is 0 Å². The monoisotopic (exact) mass is 219 g/mol. The average Bonchev–Trinajstić information content (AvgIpc) is 2.29. The summed E-state index contributed by atoms with van der Waals surface area (Å²) in [6.45, 7) is 4.75. The molecule has 0 heterocycles. The zero-order chi connectivity index (χ0) is 12.0. The second kappa shape index (κ2) is 6.09. The van der Waals surface area contributed by atoms with Crippen LogP contribution in [0.4, 0.5) is 0 Å². The summed E-state index contributed by atoms with van der Waals surface area (Å²) in [4.78, 5) is 13.5. The molecule has 1 aromatic carbocycles. The van der Waals surface area contributed by atoms with E-state index in [0.29, 0.717) is 12.5 Å². The Kier molecular flexibility index (Phi) is 4.74. The molecule has 0 aliphatic rings. The number of methoxy groups -OCH3 is 1. The topological polar surface area (TPSA) is 38.7 Å². The lowest BCUT2D eigenvalue weighted by molar-refractivity contribution is 0.407. The van der Waals surface area contributed by atoms with Crippen molar-refractivity contribution in [2.45, 2.75) is 26.2 Å². The van der Waals surface area contributed by atoms with Gasteiger partial charge in [0.05, 0.1) is 13.7 Å². The van der Waals surface area contributed by atoms with Crippen LogP contribution in [0.25, 0.3) is 0 Å². The Bertz CT molecular complexity index is 393. The van der Waals surface area contributed by atoms with Crippen LogP contribution in [0, 0.1) is 0 Å². The smallest absolute Gasteiger partial charge is 0.234 e. The zero-order valence-electron chi connectivity index (χ0n) is 9.99. The number of ether oxygens (including phenoxy) is 1. The molecule has 0 aliphatic carbocycles. The first-order valence-electron chi connectivity index (χ1n) is 5.39. The first kappa shape index (κ1) is 12.5. The van der Waals surface area contributed by atoms with Gasteiger partial charge in [-0.3, -0.25) is 0 Å². The van der Waals surface area contributed by atoms with Crippen LogP contribution in [0.3, 0.4) is 0 Å². The van der Waals surface area contributed by atoms with Crippen molar-refractivity contribution >= 4 is 6.08 Å². The fourth-order valence-electron chi connectivity index (χ4n) is 1.62. The molecule has 0 saturated carbocycles. The van der Waals surface area contributed by atoms with E-state index in [2.05, 4.69) is 24.9 Å². The van der Waals surface area contributed by atoms with Gasteiger partial charge in [-0.05, 0) is 29.5 Å². The van der Waals surface area contributed by atoms with Gasteiger partial charge in [-0.2, -0.15) is 0 Å². The van der Waals surface area contributed by atoms with Crippen molar-refractivity contribution in [1.82, 2.24) is 0 Å². The van der Waals surface area contributed by atoms with E-state index in [0.717, 1.165) is 12.2 Å². The number of rotatable bonds is 5. The molecular formula is C13H17NO2. The third-order valence-electron chi connectivity index (χ3n) is 2.49. The number of nitrogens with zero attached hydrogens (tertiary/aromatic N) is 1. The van der Waals surface area contributed by atoms with Crippen molar-refractivity contribution in [2.75, 3.05) is 13.7 Å². The highest BCUT2D eigenvalue weighted by atomic mass is 16.5. The molecule has 0 aliphatic heterocycles. The second-order valence-electron chi connectivity index (χ2n) is 3.95. The molecule has 0 unspecified atom stereocenters. The predicted octanol–water partition coefficient (Wildman–Crippen LogP) is 2.70. The Hall–Kier alpha value is -1.60. The number of aliphatic imine (C=N–C) groups is 1. The van der Waals surface area contributed by atoms with Crippen LogP contribution in [-0.2, 0) is 11.2 Å². The fourth-order valence-corrected chi connectivity index (χ4v) is 1.62. The Morgan fingerprint density at radius 2 is 2.19 bits per heavy atom. The molecule has 86 valence electrons. The maximum Gasteiger partial charge on any atom is 0.234 e. The van der Waals surface area contributed by atoms with Crippen molar-refractivity contribution in [3.8, 4) is 5.75 Å². The minimum atomic E-state index is 0.421. The van der Waals surface area contributed by atoms with Crippen molar-refractivity contribution in [1.29, 1.82) is 0 Å². The first-order chi connectivity index (χ1) is 7.69. The fraction of sp³-hybridized carbons (Fsp3) is 0.462. The summed E-state index contributed by atoms with van der Waals surface area (Å²) in [7, 11) is 1.68. The Morgan fingerprint density at radius 3 is 2.75 bits per heavy atom. The normalized spacial score (nSPS) is 10.0. The third kappa shape index (κ3) is 3.21. The number of isocyanates is 1. The molecule has 0 amide bonds. The molecule has 0 radical (unpaired) electrons. The quantitative estimate of drug-likeness (QED) is 0.564. The van der Waals surface area contributed by atoms with Crippen molar-refractivity contribution < 1.29 is 9.53 Å². The summed E-state index contributed by atoms with van der Waals surface area (Å²) in [6.07, 6.45) is 2.31. The van der Waals surface area contributed by atoms with E-state index >= 15 is 0 Å². The summed E-state index contributed by atoms with van der Waals surface area (Å²) in [5.74, 6) is 1.34. The minimum Gasteiger partial charge on any atom is -0.496 e. The predicted molar refractivity (Wildman–Crippen MR) is 63.8 cm³/mol. The summed E-state index contributed by atoms with van der Waals surface area (Å²) in [6, 6.07) is 6.09. The van der Waals surface area contributed by atoms with Crippen LogP contribution in [0.5, 0.6) is 5.75 Å². The Morgan fingerprint density at radius 1 is 1.44 bits per heavy atom. The highest BCUT2D eigenvalue weighted by Gasteiger charge is 2.07. The third-order valence-corrected chi connectivity index (χ3v) is 2.49. The molecule has 0 fully saturated rings. The van der Waals surface area contributed by atoms with Gasteiger partial charge in [0.15, 0.2) is 0 Å². The highest BCUT2D eigenvalue weighted by Crippen LogP contribution is 2.27. The second-order valence-corrected chi connectivity index (χ2v) is 3.95. The first-order valence-corrected chi connectivity index (χ1v) is 5.39. The van der Waals surface area contributed by atoms with Gasteiger partial charge in [-0.25, -0.2) is 9.79 Å². The lowest BCUT2D eigenvalue weighted by atomic mass is 9.98. The van der Waals surface area contributed by atoms with Gasteiger partial charge < -0.3 is 4.74 Å². The summed E-state index contributed by atoms with van der Waals surface area (Å²) in [5.41, 5.74) is 2.36. The largest absolute Gasteiger partial charge is 0.496 e. The van der Waals surface area contributed by atoms with Crippen molar-refractivity contribution in [3.63, 3.8) is 0 Å². The standard InChI is InChI=1S/C13H17NO2/c1-10(2)12-8-11(6-7-14-9-15)4-5-13(12)16-3/h4-5,8,10H,6-7H2,1-3H3. The average molecular weight is 219 g/mol. The molecular weight excluding hydrogens is 202 g/mol. The van der Waals surface area contributed by atoms with Crippen LogP contribution in [0.1, 0.15) is 30.9 Å². The van der Waals surface area contributed by atoms with Crippen LogP contribution < -0.4 is 4.74 Å². The van der Waals surface area contributed by atoms with Crippen molar-refractivity contribution in [2.24, 2.45) is 4.99 Å². The van der Waals surface area contributed by atoms with Crippen LogP contribution in [-0.4, -0.2) is 19.7 Å². The molecule has 0 aromatic heterocycles. The molecule has 3 heteroatoms. The van der Waals surface area contributed by atoms with E-state index in [-0.39, 0.29) is 0 Å². The zero-order valence-corrected chi connectivity index (χ0v) is 9.99. The molecule has 1 aromatic rings. The minimum absolute atomic E-state index is 0.421. The van der Waals surface area contributed by atoms with Crippen molar-refractivity contribution in [3.05, 3.63) is 29.3 Å². The van der Waals surface area contributed by atoms with Gasteiger partial charge in [-0.15, -0.1) is 0 Å². The lowest BCUT2D eigenvalue weighted by Crippen LogP contribution is -1.97. The molecule has 0 saturated heterocycles. The van der Waals surface area contributed by atoms with E-state index in [9.17, 15) is 4.79 Å². The van der Waals surface area contributed by atoms with Gasteiger partial charge in [0.2, 0.25) is 6.08 Å². The molecule has 1 rings (SSSR count). The van der Waals surface area contributed by atoms with Gasteiger partial charge in [-0.1, -0.05) is 26.0 Å². The lowest BCUT2D eigenvalue weighted by Gasteiger charge is -2.13. The van der Waals surface area contributed by atoms with E-state index in [4.69, 9.17) is 4.74 Å². The number of hydrogen-bond acceptors (Lipinski definition) is 3. The molecule has 0 atom stereocenters. The SMILES string of the molecule is COc1ccc(CCN=C=O)cc1C(C)C. The number of carbonyl (C=O) groups excluding carboxylic acids is 1. The van der Waals surface area contributed by atoms with Gasteiger partial charge in [0.25, 0.3) is 0 Å². The van der Waals surface area contributed by atoms with Crippen LogP contribution in [0.15, 0.2) is 23.2 Å². The molecule has 16 heavy (non-hydrogen) atoms. The summed E-state index contributed by atoms with van der Waals surface area (Å²) >= 11 is 0. The Labute approximate surface area is 96.2 Å². The van der Waals surface area contributed by atoms with E-state index in [1.807, 2.05) is 12.1 Å². The van der Waals surface area contributed by atoms with Gasteiger partial charge >= 0.3 is 0 Å².